The fraction of sp³-hybridized carbons (Fsp3) is 0.292. The van der Waals surface area contributed by atoms with E-state index in [4.69, 9.17) is 5.11 Å². The maximum absolute atomic E-state index is 12.9. The van der Waals surface area contributed by atoms with Crippen LogP contribution in [0.2, 0.25) is 0 Å². The van der Waals surface area contributed by atoms with Gasteiger partial charge < -0.3 is 20.3 Å². The van der Waals surface area contributed by atoms with Gasteiger partial charge in [-0.05, 0) is 43.2 Å². The SMILES string of the molecule is CCn1c(SCC(=O)Nc2ccc(C(=O)O)cc2)nnc1[C@@H](NC(=O)c1cccc([N+](=O)[O-])c1)C(C)C. The van der Waals surface area contributed by atoms with Gasteiger partial charge in [0.15, 0.2) is 11.0 Å². The Kier molecular flexibility index (Phi) is 8.95. The van der Waals surface area contributed by atoms with Crippen molar-refractivity contribution < 1.29 is 24.4 Å². The monoisotopic (exact) mass is 526 g/mol. The van der Waals surface area contributed by atoms with Gasteiger partial charge in [-0.1, -0.05) is 31.7 Å². The second-order valence-corrected chi connectivity index (χ2v) is 9.25. The summed E-state index contributed by atoms with van der Waals surface area (Å²) in [5, 5.41) is 34.6. The van der Waals surface area contributed by atoms with Crippen LogP contribution >= 0.6 is 11.8 Å². The second-order valence-electron chi connectivity index (χ2n) is 8.31. The number of nitrogens with one attached hydrogen (secondary N) is 2. The molecule has 37 heavy (non-hydrogen) atoms. The highest BCUT2D eigenvalue weighted by molar-refractivity contribution is 7.99. The van der Waals surface area contributed by atoms with Crippen LogP contribution in [0.3, 0.4) is 0 Å². The number of nitrogens with zero attached hydrogens (tertiary/aromatic N) is 4. The lowest BCUT2D eigenvalue weighted by Gasteiger charge is -2.22. The molecule has 3 N–H and O–H groups in total. The minimum Gasteiger partial charge on any atom is -0.478 e. The first-order chi connectivity index (χ1) is 17.6. The summed E-state index contributed by atoms with van der Waals surface area (Å²) < 4.78 is 1.80. The van der Waals surface area contributed by atoms with E-state index in [1.165, 1.54) is 60.3 Å². The van der Waals surface area contributed by atoms with E-state index in [0.29, 0.717) is 23.2 Å². The van der Waals surface area contributed by atoms with Gasteiger partial charge in [0.2, 0.25) is 5.91 Å². The van der Waals surface area contributed by atoms with Gasteiger partial charge >= 0.3 is 5.97 Å². The van der Waals surface area contributed by atoms with Crippen LogP contribution in [0.5, 0.6) is 0 Å². The summed E-state index contributed by atoms with van der Waals surface area (Å²) in [7, 11) is 0. The number of carboxylic acids is 1. The summed E-state index contributed by atoms with van der Waals surface area (Å²) in [6, 6.07) is 10.8. The minimum absolute atomic E-state index is 0.0329. The number of aromatic carboxylic acids is 1. The van der Waals surface area contributed by atoms with E-state index in [0.717, 1.165) is 0 Å². The predicted molar refractivity (Wildman–Crippen MR) is 137 cm³/mol. The molecule has 0 spiro atoms. The van der Waals surface area contributed by atoms with Crippen molar-refractivity contribution in [3.8, 4) is 0 Å². The normalized spacial score (nSPS) is 11.7. The Balaban J connectivity index is 1.70. The van der Waals surface area contributed by atoms with Crippen molar-refractivity contribution in [2.75, 3.05) is 11.1 Å². The molecule has 0 aliphatic rings. The molecule has 3 rings (SSSR count). The number of carbonyl (C=O) groups is 3. The van der Waals surface area contributed by atoms with Crippen LogP contribution in [-0.2, 0) is 11.3 Å². The molecule has 13 heteroatoms. The fourth-order valence-electron chi connectivity index (χ4n) is 3.47. The lowest BCUT2D eigenvalue weighted by Crippen LogP contribution is -2.33. The molecule has 194 valence electrons. The zero-order chi connectivity index (χ0) is 27.1. The highest BCUT2D eigenvalue weighted by Gasteiger charge is 2.26. The Morgan fingerprint density at radius 2 is 1.81 bits per heavy atom. The molecule has 1 atom stereocenters. The summed E-state index contributed by atoms with van der Waals surface area (Å²) in [5.74, 6) is -1.37. The van der Waals surface area contributed by atoms with Crippen molar-refractivity contribution in [2.24, 2.45) is 5.92 Å². The summed E-state index contributed by atoms with van der Waals surface area (Å²) in [6.07, 6.45) is 0. The van der Waals surface area contributed by atoms with E-state index in [1.807, 2.05) is 20.8 Å². The first kappa shape index (κ1) is 27.3. The average Bonchev–Trinajstić information content (AvgIpc) is 3.28. The molecule has 0 fully saturated rings. The summed E-state index contributed by atoms with van der Waals surface area (Å²) >= 11 is 1.17. The maximum atomic E-state index is 12.9. The van der Waals surface area contributed by atoms with Crippen LogP contribution in [0.4, 0.5) is 11.4 Å². The third kappa shape index (κ3) is 6.91. The summed E-state index contributed by atoms with van der Waals surface area (Å²) in [4.78, 5) is 46.8. The predicted octanol–water partition coefficient (Wildman–Crippen LogP) is 3.76. The van der Waals surface area contributed by atoms with Gasteiger partial charge in [0.25, 0.3) is 11.6 Å². The third-order valence-corrected chi connectivity index (χ3v) is 6.33. The largest absolute Gasteiger partial charge is 0.478 e. The van der Waals surface area contributed by atoms with Crippen LogP contribution in [0.25, 0.3) is 0 Å². The number of thioether (sulfide) groups is 1. The van der Waals surface area contributed by atoms with Gasteiger partial charge in [-0.3, -0.25) is 19.7 Å². The molecule has 12 nitrogen and oxygen atoms in total. The van der Waals surface area contributed by atoms with E-state index in [9.17, 15) is 24.5 Å². The number of aromatic nitrogens is 3. The number of carboxylic acid groups (broad SMARTS) is 1. The van der Waals surface area contributed by atoms with Crippen molar-refractivity contribution in [3.05, 3.63) is 75.6 Å². The molecule has 0 aliphatic heterocycles. The quantitative estimate of drug-likeness (QED) is 0.191. The molecule has 3 aromatic rings. The standard InChI is InChI=1S/C24H26N6O6S/c1-4-29-21(20(14(2)3)26-22(32)16-6-5-7-18(12-16)30(35)36)27-28-24(29)37-13-19(31)25-17-10-8-15(9-11-17)23(33)34/h5-12,14,20H,4,13H2,1-3H3,(H,25,31)(H,26,32)(H,33,34)/t20-/m0/s1. The molecule has 1 heterocycles. The molecule has 0 radical (unpaired) electrons. The minimum atomic E-state index is -1.05. The number of hydrogen-bond donors (Lipinski definition) is 3. The van der Waals surface area contributed by atoms with Crippen molar-refractivity contribution in [3.63, 3.8) is 0 Å². The highest BCUT2D eigenvalue weighted by Crippen LogP contribution is 2.26. The van der Waals surface area contributed by atoms with Crippen molar-refractivity contribution >= 4 is 40.9 Å². The smallest absolute Gasteiger partial charge is 0.335 e. The van der Waals surface area contributed by atoms with Gasteiger partial charge in [0, 0.05) is 29.9 Å². The number of hydrogen-bond acceptors (Lipinski definition) is 8. The van der Waals surface area contributed by atoms with E-state index in [1.54, 1.807) is 4.57 Å². The number of benzene rings is 2. The van der Waals surface area contributed by atoms with Crippen LogP contribution in [0.1, 0.15) is 53.4 Å². The zero-order valence-electron chi connectivity index (χ0n) is 20.4. The lowest BCUT2D eigenvalue weighted by atomic mass is 10.0. The van der Waals surface area contributed by atoms with E-state index < -0.39 is 22.8 Å². The number of rotatable bonds is 11. The fourth-order valence-corrected chi connectivity index (χ4v) is 4.28. The molecule has 0 unspecified atom stereocenters. The van der Waals surface area contributed by atoms with E-state index in [-0.39, 0.29) is 34.4 Å². The van der Waals surface area contributed by atoms with Crippen molar-refractivity contribution in [2.45, 2.75) is 38.5 Å². The zero-order valence-corrected chi connectivity index (χ0v) is 21.2. The van der Waals surface area contributed by atoms with Gasteiger partial charge in [0.05, 0.1) is 22.3 Å². The molecule has 0 saturated heterocycles. The third-order valence-electron chi connectivity index (χ3n) is 5.36. The molecule has 0 bridgehead atoms. The number of non-ortho nitro benzene ring substituents is 1. The lowest BCUT2D eigenvalue weighted by molar-refractivity contribution is -0.384. The van der Waals surface area contributed by atoms with Gasteiger partial charge in [-0.25, -0.2) is 4.79 Å². The topological polar surface area (TPSA) is 169 Å². The molecule has 2 amide bonds. The number of nitro groups is 1. The Labute approximate surface area is 216 Å². The van der Waals surface area contributed by atoms with Crippen molar-refractivity contribution in [1.29, 1.82) is 0 Å². The molecule has 1 aromatic heterocycles. The molecule has 0 aliphatic carbocycles. The highest BCUT2D eigenvalue weighted by atomic mass is 32.2. The number of anilines is 1. The van der Waals surface area contributed by atoms with Gasteiger partial charge in [-0.15, -0.1) is 10.2 Å². The number of amides is 2. The van der Waals surface area contributed by atoms with Gasteiger partial charge in [0.1, 0.15) is 0 Å². The Bertz CT molecular complexity index is 1310. The first-order valence-electron chi connectivity index (χ1n) is 11.3. The van der Waals surface area contributed by atoms with Crippen molar-refractivity contribution in [1.82, 2.24) is 20.1 Å². The van der Waals surface area contributed by atoms with Gasteiger partial charge in [-0.2, -0.15) is 0 Å². The second kappa shape index (κ2) is 12.1. The molecule has 0 saturated carbocycles. The van der Waals surface area contributed by atoms with Crippen LogP contribution < -0.4 is 10.6 Å². The van der Waals surface area contributed by atoms with Crippen LogP contribution in [0, 0.1) is 16.0 Å². The van der Waals surface area contributed by atoms with Crippen LogP contribution in [-0.4, -0.2) is 48.3 Å². The molecule has 2 aromatic carbocycles. The molecular weight excluding hydrogens is 500 g/mol. The maximum Gasteiger partial charge on any atom is 0.335 e. The first-order valence-corrected chi connectivity index (χ1v) is 12.3. The summed E-state index contributed by atoms with van der Waals surface area (Å²) in [6.45, 7) is 6.19. The Morgan fingerprint density at radius 3 is 2.41 bits per heavy atom. The summed E-state index contributed by atoms with van der Waals surface area (Å²) in [5.41, 5.74) is 0.565. The molecular formula is C24H26N6O6S. The Hall–Kier alpha value is -4.26. The number of carbonyl (C=O) groups excluding carboxylic acids is 2. The number of nitro benzene ring substituents is 1. The Morgan fingerprint density at radius 1 is 1.11 bits per heavy atom. The van der Waals surface area contributed by atoms with E-state index in [2.05, 4.69) is 20.8 Å². The van der Waals surface area contributed by atoms with Crippen LogP contribution in [0.15, 0.2) is 53.7 Å². The van der Waals surface area contributed by atoms with E-state index >= 15 is 0 Å². The average molecular weight is 527 g/mol.